The Labute approximate surface area is 182 Å². The van der Waals surface area contributed by atoms with Crippen molar-refractivity contribution >= 4 is 22.8 Å². The van der Waals surface area contributed by atoms with Crippen molar-refractivity contribution in [2.24, 2.45) is 11.8 Å². The van der Waals surface area contributed by atoms with Crippen LogP contribution in [0.4, 0.5) is 14.6 Å². The average molecular weight is 450 g/mol. The van der Waals surface area contributed by atoms with Gasteiger partial charge in [-0.2, -0.15) is 5.10 Å². The lowest BCUT2D eigenvalue weighted by atomic mass is 9.84. The van der Waals surface area contributed by atoms with E-state index in [4.69, 9.17) is 0 Å². The lowest BCUT2D eigenvalue weighted by molar-refractivity contribution is 0.144. The Morgan fingerprint density at radius 2 is 2.06 bits per heavy atom. The van der Waals surface area contributed by atoms with E-state index < -0.39 is 17.8 Å². The number of hydrogen-bond acceptors (Lipinski definition) is 7. The van der Waals surface area contributed by atoms with E-state index in [-0.39, 0.29) is 11.7 Å². The largest absolute Gasteiger partial charge is 0.598 e. The van der Waals surface area contributed by atoms with E-state index >= 15 is 0 Å². The molecule has 31 heavy (non-hydrogen) atoms. The molecule has 0 aliphatic carbocycles. The Kier molecular flexibility index (Phi) is 6.35. The molecule has 4 heterocycles. The van der Waals surface area contributed by atoms with Gasteiger partial charge in [0.15, 0.2) is 5.65 Å². The van der Waals surface area contributed by atoms with Crippen LogP contribution in [0, 0.1) is 11.8 Å². The monoisotopic (exact) mass is 449 g/mol. The molecule has 1 saturated heterocycles. The molecule has 0 saturated carbocycles. The highest BCUT2D eigenvalue weighted by molar-refractivity contribution is 7.88. The maximum Gasteiger partial charge on any atom is 0.282 e. The number of imidazole rings is 1. The third kappa shape index (κ3) is 4.63. The van der Waals surface area contributed by atoms with E-state index in [0.717, 1.165) is 18.8 Å². The number of nitrogens with zero attached hydrogens (tertiary/aromatic N) is 6. The molecule has 1 aliphatic rings. The van der Waals surface area contributed by atoms with Gasteiger partial charge in [-0.3, -0.25) is 0 Å². The van der Waals surface area contributed by atoms with E-state index in [1.807, 2.05) is 6.07 Å². The molecular weight excluding hydrogens is 424 g/mol. The topological polar surface area (TPSA) is 94.3 Å². The summed E-state index contributed by atoms with van der Waals surface area (Å²) in [7, 11) is 0. The summed E-state index contributed by atoms with van der Waals surface area (Å²) in [5.41, 5.74) is 1.24. The van der Waals surface area contributed by atoms with Gasteiger partial charge in [0.2, 0.25) is 0 Å². The number of aromatic nitrogens is 5. The summed E-state index contributed by atoms with van der Waals surface area (Å²) in [4.78, 5) is 15.3. The predicted molar refractivity (Wildman–Crippen MR) is 115 cm³/mol. The number of fused-ring (bicyclic) bond motifs is 1. The fraction of sp³-hybridized carbons (Fsp3) is 0.500. The van der Waals surface area contributed by atoms with Gasteiger partial charge in [-0.05, 0) is 37.3 Å². The van der Waals surface area contributed by atoms with Crippen LogP contribution in [0.25, 0.3) is 17.0 Å². The quantitative estimate of drug-likeness (QED) is 0.578. The zero-order valence-electron chi connectivity index (χ0n) is 17.6. The van der Waals surface area contributed by atoms with Crippen molar-refractivity contribution in [3.63, 3.8) is 0 Å². The number of rotatable bonds is 6. The number of halogens is 2. The number of hydrogen-bond donors (Lipinski definition) is 1. The second-order valence-corrected chi connectivity index (χ2v) is 9.23. The maximum atomic E-state index is 13.1. The molecular formula is C20H25F2N7OS. The normalized spacial score (nSPS) is 22.9. The van der Waals surface area contributed by atoms with E-state index in [9.17, 15) is 13.3 Å². The van der Waals surface area contributed by atoms with Crippen LogP contribution in [-0.4, -0.2) is 54.5 Å². The third-order valence-electron chi connectivity index (χ3n) is 5.75. The molecule has 4 rings (SSSR count). The van der Waals surface area contributed by atoms with Gasteiger partial charge in [-0.25, -0.2) is 28.2 Å². The molecule has 4 unspecified atom stereocenters. The van der Waals surface area contributed by atoms with Crippen LogP contribution < -0.4 is 9.62 Å². The number of anilines is 1. The predicted octanol–water partition coefficient (Wildman–Crippen LogP) is 2.86. The van der Waals surface area contributed by atoms with Crippen LogP contribution in [0.3, 0.4) is 0 Å². The Balaban J connectivity index is 1.65. The van der Waals surface area contributed by atoms with Crippen molar-refractivity contribution in [3.8, 4) is 11.4 Å². The molecule has 4 atom stereocenters. The number of piperidine rings is 1. The molecule has 0 aromatic carbocycles. The van der Waals surface area contributed by atoms with Gasteiger partial charge in [0.1, 0.15) is 29.8 Å². The first-order valence-corrected chi connectivity index (χ1v) is 11.7. The van der Waals surface area contributed by atoms with Crippen molar-refractivity contribution in [2.75, 3.05) is 24.2 Å². The van der Waals surface area contributed by atoms with Gasteiger partial charge in [0, 0.05) is 36.6 Å². The van der Waals surface area contributed by atoms with Gasteiger partial charge in [0.25, 0.3) is 6.43 Å². The van der Waals surface area contributed by atoms with Crippen molar-refractivity contribution in [3.05, 3.63) is 36.4 Å². The van der Waals surface area contributed by atoms with Crippen LogP contribution in [0.5, 0.6) is 0 Å². The van der Waals surface area contributed by atoms with Gasteiger partial charge in [-0.1, -0.05) is 6.92 Å². The SMILES string of the molecule is CC1CC(CN[S+](C)[O-])C(C)N(c2cc(-c3cnc4ccc(C(F)F)nn34)ncn2)C1. The minimum Gasteiger partial charge on any atom is -0.598 e. The standard InChI is InChI=1S/C20H25F2N7OS/c1-12-6-14(8-26-31(3)30)13(2)28(10-12)19-7-16(24-11-25-19)17-9-23-18-5-4-15(20(21)22)27-29(17)18/h4-5,7,9,11-14,20,26H,6,8,10H2,1-3H3. The van der Waals surface area contributed by atoms with Crippen molar-refractivity contribution in [1.82, 2.24) is 29.3 Å². The Morgan fingerprint density at radius 3 is 2.81 bits per heavy atom. The summed E-state index contributed by atoms with van der Waals surface area (Å²) in [5.74, 6) is 1.52. The molecule has 8 nitrogen and oxygen atoms in total. The van der Waals surface area contributed by atoms with Crippen LogP contribution in [-0.2, 0) is 11.4 Å². The van der Waals surface area contributed by atoms with Gasteiger partial charge >= 0.3 is 0 Å². The van der Waals surface area contributed by atoms with Crippen LogP contribution in [0.15, 0.2) is 30.7 Å². The lowest BCUT2D eigenvalue weighted by Crippen LogP contribution is -2.50. The van der Waals surface area contributed by atoms with E-state index in [1.165, 1.54) is 23.0 Å². The number of alkyl halides is 2. The molecule has 0 spiro atoms. The Bertz CT molecular complexity index is 1050. The molecule has 0 amide bonds. The molecule has 11 heteroatoms. The summed E-state index contributed by atoms with van der Waals surface area (Å²) in [6.07, 6.45) is 3.05. The van der Waals surface area contributed by atoms with Gasteiger partial charge < -0.3 is 9.45 Å². The van der Waals surface area contributed by atoms with Gasteiger partial charge in [0.05, 0.1) is 11.9 Å². The third-order valence-corrected chi connectivity index (χ3v) is 6.33. The fourth-order valence-electron chi connectivity index (χ4n) is 4.15. The second-order valence-electron chi connectivity index (χ2n) is 8.03. The van der Waals surface area contributed by atoms with Crippen LogP contribution in [0.1, 0.15) is 32.4 Å². The summed E-state index contributed by atoms with van der Waals surface area (Å²) in [6, 6.07) is 4.82. The van der Waals surface area contributed by atoms with Crippen molar-refractivity contribution in [2.45, 2.75) is 32.7 Å². The zero-order valence-corrected chi connectivity index (χ0v) is 18.4. The molecule has 1 N–H and O–H groups in total. The minimum atomic E-state index is -2.67. The molecule has 1 fully saturated rings. The molecule has 0 bridgehead atoms. The first-order chi connectivity index (χ1) is 14.8. The highest BCUT2D eigenvalue weighted by atomic mass is 32.2. The second kappa shape index (κ2) is 9.01. The lowest BCUT2D eigenvalue weighted by Gasteiger charge is -2.43. The fourth-order valence-corrected chi connectivity index (χ4v) is 4.60. The Hall–Kier alpha value is -2.37. The summed E-state index contributed by atoms with van der Waals surface area (Å²) in [6.45, 7) is 5.83. The number of nitrogens with one attached hydrogen (secondary N) is 1. The van der Waals surface area contributed by atoms with E-state index in [0.29, 0.717) is 35.4 Å². The van der Waals surface area contributed by atoms with Gasteiger partial charge in [-0.15, -0.1) is 4.72 Å². The first kappa shape index (κ1) is 21.8. The smallest absolute Gasteiger partial charge is 0.282 e. The summed E-state index contributed by atoms with van der Waals surface area (Å²) in [5, 5.41) is 4.03. The van der Waals surface area contributed by atoms with Crippen LogP contribution >= 0.6 is 0 Å². The van der Waals surface area contributed by atoms with E-state index in [1.54, 1.807) is 12.5 Å². The molecule has 3 aromatic heterocycles. The minimum absolute atomic E-state index is 0.181. The Morgan fingerprint density at radius 1 is 1.26 bits per heavy atom. The molecule has 3 aromatic rings. The van der Waals surface area contributed by atoms with Crippen LogP contribution in [0.2, 0.25) is 0 Å². The summed E-state index contributed by atoms with van der Waals surface area (Å²) < 4.78 is 42.1. The van der Waals surface area contributed by atoms with Crippen molar-refractivity contribution < 1.29 is 13.3 Å². The van der Waals surface area contributed by atoms with E-state index in [2.05, 4.69) is 43.5 Å². The highest BCUT2D eigenvalue weighted by Gasteiger charge is 2.33. The first-order valence-electron chi connectivity index (χ1n) is 10.1. The highest BCUT2D eigenvalue weighted by Crippen LogP contribution is 2.32. The molecule has 0 radical (unpaired) electrons. The zero-order chi connectivity index (χ0) is 22.1. The van der Waals surface area contributed by atoms with Crippen molar-refractivity contribution in [1.29, 1.82) is 0 Å². The average Bonchev–Trinajstić information content (AvgIpc) is 3.17. The maximum absolute atomic E-state index is 13.1. The molecule has 166 valence electrons. The molecule has 1 aliphatic heterocycles. The summed E-state index contributed by atoms with van der Waals surface area (Å²) >= 11 is -1.06.